The van der Waals surface area contributed by atoms with E-state index in [9.17, 15) is 22.4 Å². The summed E-state index contributed by atoms with van der Waals surface area (Å²) < 4.78 is 56.8. The van der Waals surface area contributed by atoms with Gasteiger partial charge in [-0.05, 0) is 42.4 Å². The topological polar surface area (TPSA) is 65.7 Å². The number of anilines is 1. The minimum atomic E-state index is -4.72. The molecule has 11 heteroatoms. The summed E-state index contributed by atoms with van der Waals surface area (Å²) in [5.74, 6) is -2.14. The minimum Gasteiger partial charge on any atom is -0.413 e. The van der Waals surface area contributed by atoms with E-state index in [1.807, 2.05) is 0 Å². The Bertz CT molecular complexity index is 1120. The lowest BCUT2D eigenvalue weighted by molar-refractivity contribution is -0.156. The second-order valence-electron chi connectivity index (χ2n) is 7.88. The number of aromatic nitrogens is 2. The first-order chi connectivity index (χ1) is 16.2. The summed E-state index contributed by atoms with van der Waals surface area (Å²) in [6.07, 6.45) is -4.72. The predicted molar refractivity (Wildman–Crippen MR) is 116 cm³/mol. The summed E-state index contributed by atoms with van der Waals surface area (Å²) in [7, 11) is 0. The molecule has 2 aromatic carbocycles. The lowest BCUT2D eigenvalue weighted by Gasteiger charge is -2.37. The maximum Gasteiger partial charge on any atom is 0.470 e. The average molecular weight is 477 g/mol. The van der Waals surface area contributed by atoms with Gasteiger partial charge in [-0.25, -0.2) is 9.18 Å². The van der Waals surface area contributed by atoms with Crippen LogP contribution in [0.4, 0.5) is 28.0 Å². The number of benzene rings is 2. The maximum atomic E-state index is 13.9. The van der Waals surface area contributed by atoms with E-state index in [0.717, 1.165) is 19.6 Å². The Morgan fingerprint density at radius 2 is 1.76 bits per heavy atom. The number of alkyl halides is 3. The highest BCUT2D eigenvalue weighted by Crippen LogP contribution is 2.30. The number of nitrogens with zero attached hydrogens (tertiary/aromatic N) is 5. The van der Waals surface area contributed by atoms with Crippen LogP contribution in [-0.2, 0) is 12.7 Å². The predicted octanol–water partition coefficient (Wildman–Crippen LogP) is 4.66. The SMILES string of the molecule is CCN1CCN(C(=O)N(Cc2ccc(-c3nnc(C(F)(F)F)o3)cc2)c2cccc(F)c2)CC1. The summed E-state index contributed by atoms with van der Waals surface area (Å²) in [5.41, 5.74) is 1.42. The van der Waals surface area contributed by atoms with Crippen molar-refractivity contribution < 1.29 is 26.8 Å². The van der Waals surface area contributed by atoms with Crippen LogP contribution in [0.25, 0.3) is 11.5 Å². The highest BCUT2D eigenvalue weighted by Gasteiger charge is 2.38. The van der Waals surface area contributed by atoms with Crippen LogP contribution in [0.15, 0.2) is 52.9 Å². The number of urea groups is 1. The van der Waals surface area contributed by atoms with Crippen LogP contribution in [0.3, 0.4) is 0 Å². The second-order valence-corrected chi connectivity index (χ2v) is 7.88. The summed E-state index contributed by atoms with van der Waals surface area (Å²) in [5, 5.41) is 6.48. The highest BCUT2D eigenvalue weighted by atomic mass is 19.4. The van der Waals surface area contributed by atoms with Crippen molar-refractivity contribution in [2.45, 2.75) is 19.6 Å². The van der Waals surface area contributed by atoms with Gasteiger partial charge in [-0.1, -0.05) is 25.1 Å². The van der Waals surface area contributed by atoms with E-state index >= 15 is 0 Å². The van der Waals surface area contributed by atoms with Crippen molar-refractivity contribution in [2.75, 3.05) is 37.6 Å². The summed E-state index contributed by atoms with van der Waals surface area (Å²) in [4.78, 5) is 18.8. The molecule has 180 valence electrons. The van der Waals surface area contributed by atoms with Gasteiger partial charge < -0.3 is 14.2 Å². The van der Waals surface area contributed by atoms with Crippen molar-refractivity contribution in [3.63, 3.8) is 0 Å². The lowest BCUT2D eigenvalue weighted by Crippen LogP contribution is -2.52. The fourth-order valence-electron chi connectivity index (χ4n) is 3.73. The van der Waals surface area contributed by atoms with Crippen molar-refractivity contribution in [3.05, 3.63) is 65.8 Å². The number of rotatable bonds is 5. The fraction of sp³-hybridized carbons (Fsp3) is 0.348. The molecule has 0 aliphatic carbocycles. The smallest absolute Gasteiger partial charge is 0.413 e. The zero-order chi connectivity index (χ0) is 24.3. The molecule has 0 bridgehead atoms. The highest BCUT2D eigenvalue weighted by molar-refractivity contribution is 5.92. The third-order valence-electron chi connectivity index (χ3n) is 5.65. The van der Waals surface area contributed by atoms with Crippen LogP contribution in [0.1, 0.15) is 18.4 Å². The molecular weight excluding hydrogens is 454 g/mol. The molecule has 1 fully saturated rings. The van der Waals surface area contributed by atoms with Crippen LogP contribution in [0.2, 0.25) is 0 Å². The number of amides is 2. The molecule has 0 saturated carbocycles. The van der Waals surface area contributed by atoms with Gasteiger partial charge in [0.2, 0.25) is 5.89 Å². The van der Waals surface area contributed by atoms with Gasteiger partial charge in [-0.3, -0.25) is 4.90 Å². The van der Waals surface area contributed by atoms with E-state index in [1.165, 1.54) is 35.2 Å². The van der Waals surface area contributed by atoms with Crippen LogP contribution in [0, 0.1) is 5.82 Å². The molecule has 0 atom stereocenters. The fourth-order valence-corrected chi connectivity index (χ4v) is 3.73. The number of hydrogen-bond acceptors (Lipinski definition) is 5. The molecule has 3 aromatic rings. The first kappa shape index (κ1) is 23.7. The quantitative estimate of drug-likeness (QED) is 0.500. The number of piperazine rings is 1. The van der Waals surface area contributed by atoms with Gasteiger partial charge in [-0.2, -0.15) is 13.2 Å². The van der Waals surface area contributed by atoms with Gasteiger partial charge in [0.25, 0.3) is 0 Å². The van der Waals surface area contributed by atoms with Crippen molar-refractivity contribution in [2.24, 2.45) is 0 Å². The molecule has 34 heavy (non-hydrogen) atoms. The third kappa shape index (κ3) is 5.36. The largest absolute Gasteiger partial charge is 0.470 e. The summed E-state index contributed by atoms with van der Waals surface area (Å²) in [6.45, 7) is 5.78. The summed E-state index contributed by atoms with van der Waals surface area (Å²) in [6, 6.07) is 12.0. The van der Waals surface area contributed by atoms with Crippen LogP contribution in [-0.4, -0.2) is 58.8 Å². The van der Waals surface area contributed by atoms with E-state index in [1.54, 1.807) is 23.1 Å². The minimum absolute atomic E-state index is 0.147. The average Bonchev–Trinajstić information content (AvgIpc) is 3.34. The number of carbonyl (C=O) groups is 1. The van der Waals surface area contributed by atoms with E-state index in [4.69, 9.17) is 4.42 Å². The molecule has 1 aliphatic heterocycles. The molecular formula is C23H23F4N5O2. The Hall–Kier alpha value is -3.47. The van der Waals surface area contributed by atoms with E-state index in [-0.39, 0.29) is 18.5 Å². The molecule has 0 unspecified atom stereocenters. The normalized spacial score (nSPS) is 14.9. The molecule has 1 aliphatic rings. The molecule has 0 spiro atoms. The maximum absolute atomic E-state index is 13.9. The van der Waals surface area contributed by atoms with Crippen LogP contribution in [0.5, 0.6) is 0 Å². The van der Waals surface area contributed by atoms with Gasteiger partial charge in [-0.15, -0.1) is 10.2 Å². The van der Waals surface area contributed by atoms with Gasteiger partial charge in [0.05, 0.1) is 6.54 Å². The van der Waals surface area contributed by atoms with Crippen molar-refractivity contribution >= 4 is 11.7 Å². The molecule has 1 aromatic heterocycles. The van der Waals surface area contributed by atoms with E-state index < -0.39 is 17.9 Å². The lowest BCUT2D eigenvalue weighted by atomic mass is 10.1. The Labute approximate surface area is 193 Å². The molecule has 0 radical (unpaired) electrons. The standard InChI is InChI=1S/C23H23F4N5O2/c1-2-30-10-12-31(13-11-30)22(33)32(19-5-3-4-18(24)14-19)15-16-6-8-17(9-7-16)20-28-29-21(34-20)23(25,26)27/h3-9,14H,2,10-13,15H2,1H3. The monoisotopic (exact) mass is 477 g/mol. The van der Waals surface area contributed by atoms with Gasteiger partial charge in [0.1, 0.15) is 5.82 Å². The van der Waals surface area contributed by atoms with Crippen molar-refractivity contribution in [1.82, 2.24) is 20.0 Å². The second kappa shape index (κ2) is 9.80. The molecule has 7 nitrogen and oxygen atoms in total. The first-order valence-electron chi connectivity index (χ1n) is 10.8. The number of halogens is 4. The van der Waals surface area contributed by atoms with Gasteiger partial charge in [0.15, 0.2) is 0 Å². The van der Waals surface area contributed by atoms with Crippen LogP contribution < -0.4 is 4.90 Å². The van der Waals surface area contributed by atoms with Crippen molar-refractivity contribution in [1.29, 1.82) is 0 Å². The molecule has 2 heterocycles. The Morgan fingerprint density at radius 3 is 2.35 bits per heavy atom. The molecule has 1 saturated heterocycles. The first-order valence-corrected chi connectivity index (χ1v) is 10.8. The number of hydrogen-bond donors (Lipinski definition) is 0. The zero-order valence-corrected chi connectivity index (χ0v) is 18.4. The molecule has 0 N–H and O–H groups in total. The Morgan fingerprint density at radius 1 is 1.06 bits per heavy atom. The summed E-state index contributed by atoms with van der Waals surface area (Å²) >= 11 is 0. The number of likely N-dealkylation sites (N-methyl/N-ethyl adjacent to an activating group) is 1. The molecule has 4 rings (SSSR count). The zero-order valence-electron chi connectivity index (χ0n) is 18.4. The van der Waals surface area contributed by atoms with Gasteiger partial charge in [0, 0.05) is 37.4 Å². The third-order valence-corrected chi connectivity index (χ3v) is 5.65. The Kier molecular flexibility index (Phi) is 6.82. The van der Waals surface area contributed by atoms with Crippen LogP contribution >= 0.6 is 0 Å². The Balaban J connectivity index is 1.54. The molecule has 2 amide bonds. The van der Waals surface area contributed by atoms with E-state index in [2.05, 4.69) is 22.0 Å². The van der Waals surface area contributed by atoms with Gasteiger partial charge >= 0.3 is 18.1 Å². The number of carbonyl (C=O) groups excluding carboxylic acids is 1. The van der Waals surface area contributed by atoms with E-state index in [0.29, 0.717) is 29.9 Å². The van der Waals surface area contributed by atoms with Crippen molar-refractivity contribution in [3.8, 4) is 11.5 Å².